The van der Waals surface area contributed by atoms with E-state index in [0.29, 0.717) is 0 Å². The molecule has 0 aromatic heterocycles. The second-order valence-electron chi connectivity index (χ2n) is 5.00. The standard InChI is InChI=1S/C15H11F2IO7S/c1-8(18)13(19)24-11-6-2-5-10-9(11)4-3-7-12(10)25-14(20)15(16,17)26(21,22)23/h2-8H,1H3,(H,21,22,23)/p-1. The molecule has 0 aliphatic heterocycles. The highest BCUT2D eigenvalue weighted by Gasteiger charge is 2.49. The first-order valence-electron chi connectivity index (χ1n) is 6.88. The van der Waals surface area contributed by atoms with Crippen molar-refractivity contribution in [1.82, 2.24) is 0 Å². The van der Waals surface area contributed by atoms with Crippen molar-refractivity contribution in [3.05, 3.63) is 36.4 Å². The first-order chi connectivity index (χ1) is 11.9. The van der Waals surface area contributed by atoms with Crippen molar-refractivity contribution in [3.63, 3.8) is 0 Å². The Morgan fingerprint density at radius 1 is 1.08 bits per heavy atom. The molecule has 2 aromatic carbocycles. The van der Waals surface area contributed by atoms with Gasteiger partial charge in [0, 0.05) is 10.8 Å². The number of fused-ring (bicyclic) bond motifs is 1. The molecule has 0 saturated carbocycles. The van der Waals surface area contributed by atoms with Gasteiger partial charge >= 0.3 is 17.2 Å². The van der Waals surface area contributed by atoms with Crippen molar-refractivity contribution >= 4 is 55.4 Å². The summed E-state index contributed by atoms with van der Waals surface area (Å²) < 4.78 is 67.3. The van der Waals surface area contributed by atoms with E-state index in [2.05, 4.69) is 4.74 Å². The zero-order chi connectivity index (χ0) is 19.7. The summed E-state index contributed by atoms with van der Waals surface area (Å²) in [4.78, 5) is 23.2. The van der Waals surface area contributed by atoms with E-state index in [1.54, 1.807) is 6.92 Å². The van der Waals surface area contributed by atoms with Crippen molar-refractivity contribution in [3.8, 4) is 11.5 Å². The van der Waals surface area contributed by atoms with E-state index in [-0.39, 0.29) is 16.5 Å². The van der Waals surface area contributed by atoms with Gasteiger partial charge in [0.2, 0.25) is 0 Å². The number of carbonyl (C=O) groups is 2. The Bertz CT molecular complexity index is 973. The molecule has 0 saturated heterocycles. The Morgan fingerprint density at radius 3 is 1.96 bits per heavy atom. The zero-order valence-electron chi connectivity index (χ0n) is 12.9. The van der Waals surface area contributed by atoms with Crippen LogP contribution >= 0.6 is 22.6 Å². The van der Waals surface area contributed by atoms with Crippen LogP contribution in [0, 0.1) is 0 Å². The second kappa shape index (κ2) is 7.40. The summed E-state index contributed by atoms with van der Waals surface area (Å²) in [5, 5.41) is -4.88. The largest absolute Gasteiger partial charge is 0.743 e. The Morgan fingerprint density at radius 2 is 1.54 bits per heavy atom. The Kier molecular flexibility index (Phi) is 5.82. The SMILES string of the molecule is CC(I)C(=O)Oc1cccc2c(OC(=O)C(F)(F)S(=O)(=O)[O-])cccc12. The van der Waals surface area contributed by atoms with Crippen molar-refractivity contribution < 1.29 is 40.8 Å². The third-order valence-electron chi connectivity index (χ3n) is 3.13. The first-order valence-corrected chi connectivity index (χ1v) is 9.53. The van der Waals surface area contributed by atoms with Gasteiger partial charge in [-0.05, 0) is 19.1 Å². The fourth-order valence-corrected chi connectivity index (χ4v) is 2.25. The van der Waals surface area contributed by atoms with Crippen molar-refractivity contribution in [1.29, 1.82) is 0 Å². The Balaban J connectivity index is 2.45. The smallest absolute Gasteiger partial charge is 0.429 e. The van der Waals surface area contributed by atoms with E-state index in [9.17, 15) is 31.3 Å². The van der Waals surface area contributed by atoms with Gasteiger partial charge in [0.05, 0.1) is 0 Å². The monoisotopic (exact) mass is 499 g/mol. The summed E-state index contributed by atoms with van der Waals surface area (Å²) in [6.07, 6.45) is 0. The lowest BCUT2D eigenvalue weighted by molar-refractivity contribution is -0.151. The first kappa shape index (κ1) is 20.5. The summed E-state index contributed by atoms with van der Waals surface area (Å²) in [5.41, 5.74) is 0. The van der Waals surface area contributed by atoms with Crippen LogP contribution in [0.3, 0.4) is 0 Å². The highest BCUT2D eigenvalue weighted by molar-refractivity contribution is 14.1. The average Bonchev–Trinajstić information content (AvgIpc) is 2.54. The summed E-state index contributed by atoms with van der Waals surface area (Å²) in [6, 6.07) is 8.17. The summed E-state index contributed by atoms with van der Waals surface area (Å²) in [5.74, 6) is -3.40. The van der Waals surface area contributed by atoms with E-state index in [4.69, 9.17) is 4.74 Å². The van der Waals surface area contributed by atoms with E-state index in [1.807, 2.05) is 22.6 Å². The van der Waals surface area contributed by atoms with Gasteiger partial charge in [-0.2, -0.15) is 8.78 Å². The van der Waals surface area contributed by atoms with Crippen LogP contribution in [0.1, 0.15) is 6.92 Å². The normalized spacial score (nSPS) is 13.3. The Labute approximate surface area is 160 Å². The number of halogens is 3. The highest BCUT2D eigenvalue weighted by atomic mass is 127. The summed E-state index contributed by atoms with van der Waals surface area (Å²) in [7, 11) is -6.24. The summed E-state index contributed by atoms with van der Waals surface area (Å²) >= 11 is 1.84. The molecule has 0 bridgehead atoms. The predicted molar refractivity (Wildman–Crippen MR) is 93.3 cm³/mol. The van der Waals surface area contributed by atoms with E-state index >= 15 is 0 Å². The minimum atomic E-state index is -6.24. The molecule has 1 atom stereocenters. The molecule has 140 valence electrons. The third kappa shape index (κ3) is 4.10. The fraction of sp³-hybridized carbons (Fsp3) is 0.200. The molecule has 0 amide bonds. The van der Waals surface area contributed by atoms with Crippen molar-refractivity contribution in [2.75, 3.05) is 0 Å². The number of alkyl halides is 3. The topological polar surface area (TPSA) is 110 Å². The number of benzene rings is 2. The molecule has 0 fully saturated rings. The number of esters is 2. The van der Waals surface area contributed by atoms with Crippen LogP contribution in [0.4, 0.5) is 8.78 Å². The van der Waals surface area contributed by atoms with Crippen LogP contribution in [0.15, 0.2) is 36.4 Å². The maximum Gasteiger partial charge on any atom is 0.429 e. The maximum absolute atomic E-state index is 13.3. The molecule has 2 aromatic rings. The number of rotatable bonds is 5. The molecule has 11 heteroatoms. The lowest BCUT2D eigenvalue weighted by atomic mass is 10.1. The minimum Gasteiger partial charge on any atom is -0.743 e. The predicted octanol–water partition coefficient (Wildman–Crippen LogP) is 2.61. The molecule has 1 unspecified atom stereocenters. The van der Waals surface area contributed by atoms with Gasteiger partial charge in [0.25, 0.3) is 0 Å². The molecule has 2 rings (SSSR count). The van der Waals surface area contributed by atoms with E-state index in [0.717, 1.165) is 6.07 Å². The molecule has 0 aliphatic carbocycles. The lowest BCUT2D eigenvalue weighted by Gasteiger charge is -2.18. The van der Waals surface area contributed by atoms with Crippen LogP contribution in [-0.4, -0.2) is 34.1 Å². The molecule has 0 N–H and O–H groups in total. The third-order valence-corrected chi connectivity index (χ3v) is 4.43. The number of hydrogen-bond acceptors (Lipinski definition) is 7. The molecular formula is C15H10F2IO7S-. The van der Waals surface area contributed by atoms with Crippen LogP contribution in [0.25, 0.3) is 10.8 Å². The molecular weight excluding hydrogens is 489 g/mol. The van der Waals surface area contributed by atoms with Gasteiger partial charge in [-0.1, -0.05) is 46.9 Å². The number of carbonyl (C=O) groups excluding carboxylic acids is 2. The van der Waals surface area contributed by atoms with Crippen LogP contribution < -0.4 is 9.47 Å². The van der Waals surface area contributed by atoms with Crippen LogP contribution in [-0.2, 0) is 19.7 Å². The summed E-state index contributed by atoms with van der Waals surface area (Å²) in [6.45, 7) is 1.60. The maximum atomic E-state index is 13.3. The molecule has 0 radical (unpaired) electrons. The van der Waals surface area contributed by atoms with Crippen molar-refractivity contribution in [2.24, 2.45) is 0 Å². The molecule has 26 heavy (non-hydrogen) atoms. The van der Waals surface area contributed by atoms with Gasteiger partial charge in [-0.3, -0.25) is 4.79 Å². The number of ether oxygens (including phenoxy) is 2. The molecule has 7 nitrogen and oxygen atoms in total. The fourth-order valence-electron chi connectivity index (χ4n) is 1.88. The second-order valence-corrected chi connectivity index (χ2v) is 8.29. The molecule has 0 heterocycles. The zero-order valence-corrected chi connectivity index (χ0v) is 15.9. The average molecular weight is 499 g/mol. The highest BCUT2D eigenvalue weighted by Crippen LogP contribution is 2.34. The molecule has 0 aliphatic rings. The van der Waals surface area contributed by atoms with Gasteiger partial charge in [0.15, 0.2) is 10.1 Å². The van der Waals surface area contributed by atoms with Crippen LogP contribution in [0.2, 0.25) is 0 Å². The van der Waals surface area contributed by atoms with Gasteiger partial charge in [-0.15, -0.1) is 0 Å². The van der Waals surface area contributed by atoms with Gasteiger partial charge in [0.1, 0.15) is 15.4 Å². The van der Waals surface area contributed by atoms with Crippen LogP contribution in [0.5, 0.6) is 11.5 Å². The lowest BCUT2D eigenvalue weighted by Crippen LogP contribution is -2.40. The van der Waals surface area contributed by atoms with Crippen molar-refractivity contribution in [2.45, 2.75) is 16.1 Å². The van der Waals surface area contributed by atoms with Gasteiger partial charge < -0.3 is 14.0 Å². The minimum absolute atomic E-state index is 0.0946. The van der Waals surface area contributed by atoms with E-state index < -0.39 is 37.0 Å². The number of hydrogen-bond donors (Lipinski definition) is 0. The molecule has 0 spiro atoms. The Hall–Kier alpha value is -1.86. The quantitative estimate of drug-likeness (QED) is 0.205. The van der Waals surface area contributed by atoms with E-state index in [1.165, 1.54) is 30.3 Å². The van der Waals surface area contributed by atoms with Gasteiger partial charge in [-0.25, -0.2) is 13.2 Å².